The number of amides is 3. The van der Waals surface area contributed by atoms with Gasteiger partial charge in [-0.05, 0) is 60.7 Å². The Labute approximate surface area is 245 Å². The van der Waals surface area contributed by atoms with Crippen LogP contribution in [0, 0.1) is 0 Å². The summed E-state index contributed by atoms with van der Waals surface area (Å²) >= 11 is 1.20. The van der Waals surface area contributed by atoms with Gasteiger partial charge in [0, 0.05) is 24.0 Å². The lowest BCUT2D eigenvalue weighted by molar-refractivity contribution is 0.0925. The molecule has 1 fully saturated rings. The Morgan fingerprint density at radius 2 is 1.48 bits per heavy atom. The van der Waals surface area contributed by atoms with Crippen LogP contribution in [0.5, 0.6) is 0 Å². The molecule has 2 aliphatic heterocycles. The minimum atomic E-state index is -3.60. The van der Waals surface area contributed by atoms with Gasteiger partial charge in [-0.15, -0.1) is 0 Å². The van der Waals surface area contributed by atoms with E-state index in [1.807, 2.05) is 0 Å². The number of piperidine rings is 1. The monoisotopic (exact) mass is 596 g/mol. The van der Waals surface area contributed by atoms with Gasteiger partial charge in [-0.1, -0.05) is 54.2 Å². The largest absolute Gasteiger partial charge is 0.298 e. The third kappa shape index (κ3) is 4.28. The lowest BCUT2D eigenvalue weighted by Crippen LogP contribution is -2.35. The fraction of sp³-hybridized carbons (Fsp3) is 0.161. The summed E-state index contributed by atoms with van der Waals surface area (Å²) in [5.41, 5.74) is 2.01. The van der Waals surface area contributed by atoms with Crippen LogP contribution in [0.1, 0.15) is 50.3 Å². The maximum absolute atomic E-state index is 13.5. The van der Waals surface area contributed by atoms with Gasteiger partial charge in [-0.3, -0.25) is 19.7 Å². The molecule has 0 saturated carbocycles. The van der Waals surface area contributed by atoms with E-state index >= 15 is 0 Å². The fourth-order valence-electron chi connectivity index (χ4n) is 5.62. The van der Waals surface area contributed by atoms with Crippen molar-refractivity contribution in [2.45, 2.75) is 24.2 Å². The highest BCUT2D eigenvalue weighted by atomic mass is 32.2. The van der Waals surface area contributed by atoms with Crippen LogP contribution in [-0.2, 0) is 10.0 Å². The summed E-state index contributed by atoms with van der Waals surface area (Å²) in [6.07, 6.45) is 2.74. The Bertz CT molecular complexity index is 2010. The van der Waals surface area contributed by atoms with Crippen molar-refractivity contribution in [3.8, 4) is 0 Å². The summed E-state index contributed by atoms with van der Waals surface area (Å²) in [6, 6.07) is 21.8. The molecule has 0 unspecified atom stereocenters. The Hall–Kier alpha value is -4.45. The van der Waals surface area contributed by atoms with E-state index in [0.717, 1.165) is 24.2 Å². The highest BCUT2D eigenvalue weighted by molar-refractivity contribution is 7.89. The van der Waals surface area contributed by atoms with Crippen LogP contribution in [0.25, 0.3) is 21.0 Å². The van der Waals surface area contributed by atoms with Crippen LogP contribution in [0.2, 0.25) is 0 Å². The summed E-state index contributed by atoms with van der Waals surface area (Å²) in [5, 5.41) is 4.32. The maximum atomic E-state index is 13.5. The van der Waals surface area contributed by atoms with Crippen LogP contribution in [0.4, 0.5) is 10.8 Å². The topological polar surface area (TPSA) is 117 Å². The smallest absolute Gasteiger partial charge is 0.266 e. The number of nitrogens with one attached hydrogen (secondary N) is 1. The number of carbonyl (C=O) groups is 3. The predicted octanol–water partition coefficient (Wildman–Crippen LogP) is 5.68. The minimum Gasteiger partial charge on any atom is -0.298 e. The van der Waals surface area contributed by atoms with Gasteiger partial charge in [-0.2, -0.15) is 4.31 Å². The van der Waals surface area contributed by atoms with Crippen LogP contribution >= 0.6 is 11.3 Å². The summed E-state index contributed by atoms with van der Waals surface area (Å²) in [6.45, 7) is 1.04. The second-order valence-corrected chi connectivity index (χ2v) is 13.2. The van der Waals surface area contributed by atoms with Crippen molar-refractivity contribution in [3.05, 3.63) is 95.6 Å². The third-order valence-electron chi connectivity index (χ3n) is 7.71. The zero-order valence-electron chi connectivity index (χ0n) is 22.2. The molecule has 0 aliphatic carbocycles. The first kappa shape index (κ1) is 26.4. The van der Waals surface area contributed by atoms with E-state index in [2.05, 4.69) is 10.3 Å². The quantitative estimate of drug-likeness (QED) is 0.261. The van der Waals surface area contributed by atoms with Gasteiger partial charge < -0.3 is 0 Å². The van der Waals surface area contributed by atoms with Crippen LogP contribution in [0.3, 0.4) is 0 Å². The lowest BCUT2D eigenvalue weighted by atomic mass is 10.0. The van der Waals surface area contributed by atoms with E-state index in [9.17, 15) is 22.8 Å². The third-order valence-corrected chi connectivity index (χ3v) is 10.5. The molecule has 11 heteroatoms. The lowest BCUT2D eigenvalue weighted by Gasteiger charge is -2.25. The Morgan fingerprint density at radius 3 is 2.19 bits per heavy atom. The van der Waals surface area contributed by atoms with E-state index in [4.69, 9.17) is 0 Å². The zero-order chi connectivity index (χ0) is 29.0. The molecule has 7 rings (SSSR count). The minimum absolute atomic E-state index is 0.216. The molecule has 0 radical (unpaired) electrons. The molecule has 2 aliphatic rings. The van der Waals surface area contributed by atoms with E-state index in [1.165, 1.54) is 15.6 Å². The fourth-order valence-corrected chi connectivity index (χ4v) is 8.14. The Morgan fingerprint density at radius 1 is 0.810 bits per heavy atom. The van der Waals surface area contributed by atoms with E-state index in [-0.39, 0.29) is 4.90 Å². The van der Waals surface area contributed by atoms with Gasteiger partial charge in [0.05, 0.1) is 31.9 Å². The Balaban J connectivity index is 1.19. The van der Waals surface area contributed by atoms with Gasteiger partial charge in [0.25, 0.3) is 17.7 Å². The van der Waals surface area contributed by atoms with Crippen molar-refractivity contribution in [2.75, 3.05) is 23.3 Å². The van der Waals surface area contributed by atoms with E-state index in [1.54, 1.807) is 78.9 Å². The van der Waals surface area contributed by atoms with Gasteiger partial charge >= 0.3 is 0 Å². The first-order chi connectivity index (χ1) is 20.3. The molecule has 4 aromatic carbocycles. The second kappa shape index (κ2) is 10.1. The molecule has 42 heavy (non-hydrogen) atoms. The molecule has 210 valence electrons. The Kier molecular flexibility index (Phi) is 6.37. The number of nitrogens with zero attached hydrogens (tertiary/aromatic N) is 3. The molecule has 9 nitrogen and oxygen atoms in total. The van der Waals surface area contributed by atoms with Gasteiger partial charge in [-0.25, -0.2) is 18.3 Å². The molecule has 3 amide bonds. The summed E-state index contributed by atoms with van der Waals surface area (Å²) in [4.78, 5) is 45.6. The standard InChI is InChI=1S/C31H24N4O5S2/c36-28(33-31-32-25-14-12-19(18-27(25)41-31)42(39,40)34-16-6-1-7-17-34)22-13-15-26(21-9-3-2-8-20(21)22)35-29(37)23-10-4-5-11-24(23)30(35)38/h2-5,8-15,18H,1,6-7,16-17H2,(H,32,33,36). The number of benzene rings is 4. The number of sulfonamides is 1. The van der Waals surface area contributed by atoms with E-state index < -0.39 is 27.7 Å². The molecule has 0 bridgehead atoms. The second-order valence-electron chi connectivity index (χ2n) is 10.2. The van der Waals surface area contributed by atoms with Gasteiger partial charge in [0.2, 0.25) is 10.0 Å². The molecule has 1 N–H and O–H groups in total. The number of imide groups is 1. The average Bonchev–Trinajstić information content (AvgIpc) is 3.53. The first-order valence-electron chi connectivity index (χ1n) is 13.5. The number of hydrogen-bond acceptors (Lipinski definition) is 7. The molecule has 1 saturated heterocycles. The zero-order valence-corrected chi connectivity index (χ0v) is 23.9. The van der Waals surface area contributed by atoms with Crippen LogP contribution in [0.15, 0.2) is 83.8 Å². The van der Waals surface area contributed by atoms with Gasteiger partial charge in [0.15, 0.2) is 5.13 Å². The molecule has 1 aromatic heterocycles. The molecule has 5 aromatic rings. The van der Waals surface area contributed by atoms with E-state index in [0.29, 0.717) is 61.6 Å². The summed E-state index contributed by atoms with van der Waals surface area (Å²) < 4.78 is 28.5. The number of thiazole rings is 1. The number of fused-ring (bicyclic) bond motifs is 3. The van der Waals surface area contributed by atoms with Crippen LogP contribution in [-0.4, -0.2) is 48.5 Å². The summed E-state index contributed by atoms with van der Waals surface area (Å²) in [5.74, 6) is -1.23. The van der Waals surface area contributed by atoms with Gasteiger partial charge in [0.1, 0.15) is 0 Å². The van der Waals surface area contributed by atoms with Crippen molar-refractivity contribution in [1.82, 2.24) is 9.29 Å². The molecule has 0 atom stereocenters. The molecular formula is C31H24N4O5S2. The normalized spacial score (nSPS) is 15.9. The maximum Gasteiger partial charge on any atom is 0.266 e. The van der Waals surface area contributed by atoms with Crippen LogP contribution < -0.4 is 10.2 Å². The number of anilines is 2. The van der Waals surface area contributed by atoms with Crippen molar-refractivity contribution in [3.63, 3.8) is 0 Å². The SMILES string of the molecule is O=C(Nc1nc2ccc(S(=O)(=O)N3CCCCC3)cc2s1)c1ccc(N2C(=O)c3ccccc3C2=O)c2ccccc12. The van der Waals surface area contributed by atoms with Crippen molar-refractivity contribution < 1.29 is 22.8 Å². The average molecular weight is 597 g/mol. The highest BCUT2D eigenvalue weighted by Crippen LogP contribution is 2.36. The first-order valence-corrected chi connectivity index (χ1v) is 15.8. The summed E-state index contributed by atoms with van der Waals surface area (Å²) in [7, 11) is -3.60. The number of carbonyl (C=O) groups excluding carboxylic acids is 3. The number of aromatic nitrogens is 1. The molecular weight excluding hydrogens is 572 g/mol. The number of hydrogen-bond donors (Lipinski definition) is 1. The molecule has 0 spiro atoms. The van der Waals surface area contributed by atoms with Crippen molar-refractivity contribution >= 4 is 70.9 Å². The highest BCUT2D eigenvalue weighted by Gasteiger charge is 2.37. The number of rotatable bonds is 5. The van der Waals surface area contributed by atoms with Crippen molar-refractivity contribution in [2.24, 2.45) is 0 Å². The van der Waals surface area contributed by atoms with Crippen molar-refractivity contribution in [1.29, 1.82) is 0 Å². The molecule has 3 heterocycles. The predicted molar refractivity (Wildman–Crippen MR) is 162 cm³/mol.